The van der Waals surface area contributed by atoms with Gasteiger partial charge >= 0.3 is 0 Å². The molecule has 0 N–H and O–H groups in total. The molecule has 2 aromatic heterocycles. The van der Waals surface area contributed by atoms with Crippen LogP contribution < -0.4 is 0 Å². The van der Waals surface area contributed by atoms with Crippen molar-refractivity contribution in [2.24, 2.45) is 0 Å². The summed E-state index contributed by atoms with van der Waals surface area (Å²) in [5.41, 5.74) is 14.3. The molecule has 3 heterocycles. The Labute approximate surface area is 355 Å². The predicted molar refractivity (Wildman–Crippen MR) is 251 cm³/mol. The Kier molecular flexibility index (Phi) is 9.96. The summed E-state index contributed by atoms with van der Waals surface area (Å²) < 4.78 is 0. The number of nitrogens with zero attached hydrogens (tertiary/aromatic N) is 4. The first-order chi connectivity index (χ1) is 29.6. The molecule has 0 saturated carbocycles. The summed E-state index contributed by atoms with van der Waals surface area (Å²) in [7, 11) is 0. The lowest BCUT2D eigenvalue weighted by molar-refractivity contribution is 0.640. The minimum absolute atomic E-state index is 0.413. The molecule has 60 heavy (non-hydrogen) atoms. The molecule has 1 atom stereocenters. The van der Waals surface area contributed by atoms with Gasteiger partial charge in [0.2, 0.25) is 0 Å². The number of aromatic nitrogens is 4. The van der Waals surface area contributed by atoms with Gasteiger partial charge in [-0.2, -0.15) is 0 Å². The van der Waals surface area contributed by atoms with Gasteiger partial charge in [0.05, 0.1) is 10.9 Å². The molecule has 1 aliphatic heterocycles. The maximum absolute atomic E-state index is 5.22. The Balaban J connectivity index is 1.18. The van der Waals surface area contributed by atoms with Crippen molar-refractivity contribution in [3.05, 3.63) is 216 Å². The molecule has 1 unspecified atom stereocenters. The van der Waals surface area contributed by atoms with Crippen molar-refractivity contribution < 1.29 is 0 Å². The first-order valence-electron chi connectivity index (χ1n) is 20.5. The average Bonchev–Trinajstić information content (AvgIpc) is 3.59. The molecule has 0 fully saturated rings. The van der Waals surface area contributed by atoms with Crippen LogP contribution in [0.15, 0.2) is 205 Å². The smallest absolute Gasteiger partial charge is 0.164 e. The van der Waals surface area contributed by atoms with Crippen LogP contribution >= 0.6 is 11.8 Å². The second-order valence-electron chi connectivity index (χ2n) is 15.1. The van der Waals surface area contributed by atoms with Crippen molar-refractivity contribution >= 4 is 22.7 Å². The van der Waals surface area contributed by atoms with Crippen LogP contribution in [0.2, 0.25) is 0 Å². The third-order valence-corrected chi connectivity index (χ3v) is 12.9. The van der Waals surface area contributed by atoms with E-state index in [4.69, 9.17) is 19.9 Å². The molecule has 0 saturated heterocycles. The maximum Gasteiger partial charge on any atom is 0.164 e. The van der Waals surface area contributed by atoms with Crippen LogP contribution in [-0.4, -0.2) is 25.7 Å². The van der Waals surface area contributed by atoms with Crippen molar-refractivity contribution in [3.63, 3.8) is 0 Å². The standard InChI is InChI=1S/C55H42N4S/c1-3-47-50(4-2)60-34-14-6-5-13-32-55(47)48-30-28-42(44-23-15-21-39-22-16-33-56-51(39)44)35-45(48)46-36-43(29-31-49(46)55)54-58-52(40-19-11-8-12-20-40)57-53(59-54)41-26-24-38(25-27-41)37-17-9-7-10-18-37/h3-31,33,35-36H,32,34H2,1-2H3/b13-5-,14-6-,47-3?,50-4?. The van der Waals surface area contributed by atoms with Gasteiger partial charge in [-0.05, 0) is 83.0 Å². The Hall–Kier alpha value is -6.95. The second kappa shape index (κ2) is 16.0. The first-order valence-corrected chi connectivity index (χ1v) is 21.5. The maximum atomic E-state index is 5.22. The van der Waals surface area contributed by atoms with Crippen LogP contribution in [0, 0.1) is 0 Å². The molecule has 288 valence electrons. The van der Waals surface area contributed by atoms with Crippen LogP contribution in [0.1, 0.15) is 31.4 Å². The minimum Gasteiger partial charge on any atom is -0.256 e. The molecule has 5 heteroatoms. The molecular formula is C55H42N4S. The van der Waals surface area contributed by atoms with E-state index in [0.29, 0.717) is 17.5 Å². The molecule has 2 aliphatic rings. The molecule has 0 radical (unpaired) electrons. The van der Waals surface area contributed by atoms with Gasteiger partial charge in [0.1, 0.15) is 0 Å². The van der Waals surface area contributed by atoms with E-state index in [1.807, 2.05) is 48.3 Å². The molecule has 6 aromatic carbocycles. The minimum atomic E-state index is -0.413. The Morgan fingerprint density at radius 1 is 0.500 bits per heavy atom. The summed E-state index contributed by atoms with van der Waals surface area (Å²) in [6.07, 6.45) is 16.3. The zero-order valence-electron chi connectivity index (χ0n) is 33.6. The fraction of sp³-hybridized carbons (Fsp3) is 0.0909. The highest BCUT2D eigenvalue weighted by Gasteiger charge is 2.46. The van der Waals surface area contributed by atoms with E-state index in [1.54, 1.807) is 0 Å². The Bertz CT molecular complexity index is 3010. The number of hydrogen-bond donors (Lipinski definition) is 0. The lowest BCUT2D eigenvalue weighted by Gasteiger charge is -2.36. The molecule has 1 spiro atoms. The van der Waals surface area contributed by atoms with E-state index >= 15 is 0 Å². The van der Waals surface area contributed by atoms with Crippen LogP contribution in [0.5, 0.6) is 0 Å². The van der Waals surface area contributed by atoms with Gasteiger partial charge in [-0.15, -0.1) is 11.8 Å². The number of pyridine rings is 1. The number of benzene rings is 6. The zero-order chi connectivity index (χ0) is 40.5. The number of para-hydroxylation sites is 1. The predicted octanol–water partition coefficient (Wildman–Crippen LogP) is 14.1. The number of allylic oxidation sites excluding steroid dienone is 6. The lowest BCUT2D eigenvalue weighted by Crippen LogP contribution is -2.28. The van der Waals surface area contributed by atoms with Crippen molar-refractivity contribution in [2.45, 2.75) is 25.7 Å². The lowest BCUT2D eigenvalue weighted by atomic mass is 9.69. The third kappa shape index (κ3) is 6.61. The number of hydrogen-bond acceptors (Lipinski definition) is 5. The van der Waals surface area contributed by atoms with E-state index < -0.39 is 5.41 Å². The molecule has 1 aliphatic carbocycles. The van der Waals surface area contributed by atoms with Crippen LogP contribution in [0.25, 0.3) is 78.4 Å². The molecule has 0 amide bonds. The van der Waals surface area contributed by atoms with Gasteiger partial charge in [-0.25, -0.2) is 15.0 Å². The summed E-state index contributed by atoms with van der Waals surface area (Å²) in [5.74, 6) is 2.82. The summed E-state index contributed by atoms with van der Waals surface area (Å²) in [5, 5.41) is 1.13. The van der Waals surface area contributed by atoms with Crippen LogP contribution in [-0.2, 0) is 5.41 Å². The normalized spacial score (nSPS) is 18.4. The van der Waals surface area contributed by atoms with E-state index in [2.05, 4.69) is 172 Å². The third-order valence-electron chi connectivity index (χ3n) is 11.8. The number of fused-ring (bicyclic) bond motifs is 6. The van der Waals surface area contributed by atoms with E-state index in [9.17, 15) is 0 Å². The van der Waals surface area contributed by atoms with Crippen molar-refractivity contribution in [1.29, 1.82) is 0 Å². The number of rotatable bonds is 5. The average molecular weight is 791 g/mol. The topological polar surface area (TPSA) is 51.6 Å². The molecular weight excluding hydrogens is 749 g/mol. The largest absolute Gasteiger partial charge is 0.256 e. The monoisotopic (exact) mass is 790 g/mol. The molecule has 8 aromatic rings. The molecule has 0 bridgehead atoms. The quantitative estimate of drug-likeness (QED) is 0.174. The summed E-state index contributed by atoms with van der Waals surface area (Å²) >= 11 is 1.90. The van der Waals surface area contributed by atoms with Crippen molar-refractivity contribution in [2.75, 3.05) is 5.75 Å². The van der Waals surface area contributed by atoms with Crippen molar-refractivity contribution in [1.82, 2.24) is 19.9 Å². The highest BCUT2D eigenvalue weighted by Crippen LogP contribution is 2.58. The molecule has 10 rings (SSSR count). The zero-order valence-corrected chi connectivity index (χ0v) is 34.4. The number of thioether (sulfide) groups is 1. The van der Waals surface area contributed by atoms with E-state index in [0.717, 1.165) is 56.5 Å². The summed E-state index contributed by atoms with van der Waals surface area (Å²) in [6, 6.07) is 53.7. The first kappa shape index (κ1) is 37.3. The fourth-order valence-electron chi connectivity index (χ4n) is 8.99. The van der Waals surface area contributed by atoms with Gasteiger partial charge in [0.15, 0.2) is 17.5 Å². The SMILES string of the molecule is CC=C1SC/C=C\C=C/CC2(C1=CC)c1ccc(-c3nc(-c4ccccc4)nc(-c4ccc(-c5ccccc5)cc4)n3)cc1-c1cc(-c3cccc4cccnc34)ccc12. The van der Waals surface area contributed by atoms with Gasteiger partial charge in [0.25, 0.3) is 0 Å². The molecule has 4 nitrogen and oxygen atoms in total. The van der Waals surface area contributed by atoms with E-state index in [-0.39, 0.29) is 0 Å². The highest BCUT2D eigenvalue weighted by molar-refractivity contribution is 8.03. The highest BCUT2D eigenvalue weighted by atomic mass is 32.2. The Morgan fingerprint density at radius 3 is 1.77 bits per heavy atom. The van der Waals surface area contributed by atoms with Crippen molar-refractivity contribution in [3.8, 4) is 67.5 Å². The van der Waals surface area contributed by atoms with Gasteiger partial charge in [-0.1, -0.05) is 170 Å². The summed E-state index contributed by atoms with van der Waals surface area (Å²) in [4.78, 5) is 21.6. The van der Waals surface area contributed by atoms with E-state index in [1.165, 1.54) is 38.3 Å². The summed E-state index contributed by atoms with van der Waals surface area (Å²) in [6.45, 7) is 4.36. The van der Waals surface area contributed by atoms with Crippen LogP contribution in [0.4, 0.5) is 0 Å². The van der Waals surface area contributed by atoms with Gasteiger partial charge in [0, 0.05) is 44.5 Å². The Morgan fingerprint density at radius 2 is 1.07 bits per heavy atom. The van der Waals surface area contributed by atoms with Crippen LogP contribution in [0.3, 0.4) is 0 Å². The second-order valence-corrected chi connectivity index (χ2v) is 16.2. The van der Waals surface area contributed by atoms with Gasteiger partial charge < -0.3 is 0 Å². The fourth-order valence-corrected chi connectivity index (χ4v) is 9.99. The van der Waals surface area contributed by atoms with Gasteiger partial charge in [-0.3, -0.25) is 4.98 Å².